The standard InChI is InChI=1S/C24H31N3O3/c1-3-19(2)22(25-24(29)30-18-20-10-6-4-7-11-20)23(28)27-16-14-26(15-17-27)21-12-8-5-9-13-21/h4-13,19,22H,3,14-18H2,1-2H3,(H,25,29)/t19-,22-/m0/s1. The van der Waals surface area contributed by atoms with E-state index in [4.69, 9.17) is 4.74 Å². The third kappa shape index (κ3) is 5.75. The number of carbonyl (C=O) groups excluding carboxylic acids is 2. The van der Waals surface area contributed by atoms with Gasteiger partial charge < -0.3 is 19.9 Å². The van der Waals surface area contributed by atoms with Crippen LogP contribution in [0.15, 0.2) is 60.7 Å². The van der Waals surface area contributed by atoms with Crippen LogP contribution in [0.5, 0.6) is 0 Å². The fourth-order valence-electron chi connectivity index (χ4n) is 3.60. The summed E-state index contributed by atoms with van der Waals surface area (Å²) in [5.41, 5.74) is 2.08. The first kappa shape index (κ1) is 21.7. The summed E-state index contributed by atoms with van der Waals surface area (Å²) in [7, 11) is 0. The zero-order valence-corrected chi connectivity index (χ0v) is 17.8. The summed E-state index contributed by atoms with van der Waals surface area (Å²) < 4.78 is 5.34. The lowest BCUT2D eigenvalue weighted by Crippen LogP contribution is -2.56. The topological polar surface area (TPSA) is 61.9 Å². The number of nitrogens with one attached hydrogen (secondary N) is 1. The number of nitrogens with zero attached hydrogens (tertiary/aromatic N) is 2. The van der Waals surface area contributed by atoms with E-state index in [0.717, 1.165) is 25.1 Å². The van der Waals surface area contributed by atoms with Gasteiger partial charge in [-0.15, -0.1) is 0 Å². The number of hydrogen-bond donors (Lipinski definition) is 1. The number of hydrogen-bond acceptors (Lipinski definition) is 4. The van der Waals surface area contributed by atoms with Crippen molar-refractivity contribution < 1.29 is 14.3 Å². The van der Waals surface area contributed by atoms with Crippen molar-refractivity contribution >= 4 is 17.7 Å². The maximum absolute atomic E-state index is 13.2. The van der Waals surface area contributed by atoms with E-state index < -0.39 is 12.1 Å². The largest absolute Gasteiger partial charge is 0.445 e. The molecule has 6 nitrogen and oxygen atoms in total. The molecule has 160 valence electrons. The van der Waals surface area contributed by atoms with Gasteiger partial charge in [0.15, 0.2) is 0 Å². The highest BCUT2D eigenvalue weighted by atomic mass is 16.5. The molecule has 2 atom stereocenters. The Morgan fingerprint density at radius 3 is 2.17 bits per heavy atom. The Labute approximate surface area is 178 Å². The predicted octanol–water partition coefficient (Wildman–Crippen LogP) is 3.68. The molecule has 0 radical (unpaired) electrons. The second-order valence-electron chi connectivity index (χ2n) is 7.72. The minimum Gasteiger partial charge on any atom is -0.445 e. The fourth-order valence-corrected chi connectivity index (χ4v) is 3.60. The SMILES string of the molecule is CC[C@H](C)[C@H](NC(=O)OCc1ccccc1)C(=O)N1CCN(c2ccccc2)CC1. The van der Waals surface area contributed by atoms with Crippen LogP contribution in [0.25, 0.3) is 0 Å². The first-order valence-electron chi connectivity index (χ1n) is 10.6. The van der Waals surface area contributed by atoms with Gasteiger partial charge in [-0.2, -0.15) is 0 Å². The number of benzene rings is 2. The average molecular weight is 410 g/mol. The summed E-state index contributed by atoms with van der Waals surface area (Å²) in [5, 5.41) is 2.81. The lowest BCUT2D eigenvalue weighted by Gasteiger charge is -2.38. The molecule has 0 aromatic heterocycles. The molecule has 0 saturated carbocycles. The first-order valence-corrected chi connectivity index (χ1v) is 10.6. The molecular weight excluding hydrogens is 378 g/mol. The Hall–Kier alpha value is -3.02. The van der Waals surface area contributed by atoms with E-state index in [0.29, 0.717) is 13.1 Å². The molecule has 1 fully saturated rings. The van der Waals surface area contributed by atoms with Crippen molar-refractivity contribution in [2.75, 3.05) is 31.1 Å². The second-order valence-corrected chi connectivity index (χ2v) is 7.72. The second kappa shape index (κ2) is 10.7. The van der Waals surface area contributed by atoms with Gasteiger partial charge in [0.05, 0.1) is 0 Å². The monoisotopic (exact) mass is 409 g/mol. The lowest BCUT2D eigenvalue weighted by molar-refractivity contribution is -0.135. The normalized spacial score (nSPS) is 15.9. The van der Waals surface area contributed by atoms with E-state index in [1.807, 2.05) is 67.3 Å². The van der Waals surface area contributed by atoms with E-state index in [1.54, 1.807) is 0 Å². The maximum Gasteiger partial charge on any atom is 0.408 e. The zero-order chi connectivity index (χ0) is 21.3. The van der Waals surface area contributed by atoms with Crippen molar-refractivity contribution in [3.05, 3.63) is 66.2 Å². The maximum atomic E-state index is 13.2. The van der Waals surface area contributed by atoms with Gasteiger partial charge in [-0.3, -0.25) is 4.79 Å². The molecule has 3 rings (SSSR count). The third-order valence-corrected chi connectivity index (χ3v) is 5.68. The van der Waals surface area contributed by atoms with Crippen LogP contribution in [0.4, 0.5) is 10.5 Å². The number of carbonyl (C=O) groups is 2. The van der Waals surface area contributed by atoms with Crippen molar-refractivity contribution in [1.82, 2.24) is 10.2 Å². The molecule has 1 aliphatic heterocycles. The Balaban J connectivity index is 1.55. The van der Waals surface area contributed by atoms with Gasteiger partial charge in [0, 0.05) is 31.9 Å². The highest BCUT2D eigenvalue weighted by Crippen LogP contribution is 2.18. The van der Waals surface area contributed by atoms with Crippen molar-refractivity contribution in [1.29, 1.82) is 0 Å². The van der Waals surface area contributed by atoms with Gasteiger partial charge in [0.1, 0.15) is 12.6 Å². The van der Waals surface area contributed by atoms with Crippen LogP contribution in [0.1, 0.15) is 25.8 Å². The van der Waals surface area contributed by atoms with Crippen LogP contribution in [-0.4, -0.2) is 49.1 Å². The Morgan fingerprint density at radius 2 is 1.57 bits per heavy atom. The highest BCUT2D eigenvalue weighted by Gasteiger charge is 2.32. The molecule has 1 saturated heterocycles. The number of amides is 2. The summed E-state index contributed by atoms with van der Waals surface area (Å²) in [6.07, 6.45) is 0.236. The van der Waals surface area contributed by atoms with Crippen LogP contribution >= 0.6 is 0 Å². The van der Waals surface area contributed by atoms with Crippen LogP contribution in [0.3, 0.4) is 0 Å². The van der Waals surface area contributed by atoms with Crippen molar-refractivity contribution in [2.24, 2.45) is 5.92 Å². The summed E-state index contributed by atoms with van der Waals surface area (Å²) in [6.45, 7) is 7.03. The number of alkyl carbamates (subject to hydrolysis) is 1. The molecule has 2 aromatic carbocycles. The molecule has 0 aliphatic carbocycles. The molecule has 1 heterocycles. The summed E-state index contributed by atoms with van der Waals surface area (Å²) >= 11 is 0. The minimum absolute atomic E-state index is 0.0222. The number of ether oxygens (including phenoxy) is 1. The molecule has 6 heteroatoms. The third-order valence-electron chi connectivity index (χ3n) is 5.68. The van der Waals surface area contributed by atoms with Gasteiger partial charge in [0.25, 0.3) is 0 Å². The van der Waals surface area contributed by atoms with Gasteiger partial charge in [-0.1, -0.05) is 68.8 Å². The van der Waals surface area contributed by atoms with Crippen LogP contribution in [0.2, 0.25) is 0 Å². The number of piperazine rings is 1. The Bertz CT molecular complexity index is 805. The number of rotatable bonds is 7. The van der Waals surface area contributed by atoms with E-state index in [9.17, 15) is 9.59 Å². The smallest absolute Gasteiger partial charge is 0.408 e. The van der Waals surface area contributed by atoms with Crippen LogP contribution in [0, 0.1) is 5.92 Å². The van der Waals surface area contributed by atoms with E-state index in [1.165, 1.54) is 5.69 Å². The lowest BCUT2D eigenvalue weighted by atomic mass is 9.97. The molecule has 0 spiro atoms. The van der Waals surface area contributed by atoms with Crippen LogP contribution in [-0.2, 0) is 16.1 Å². The molecular formula is C24H31N3O3. The van der Waals surface area contributed by atoms with Gasteiger partial charge in [-0.25, -0.2) is 4.79 Å². The zero-order valence-electron chi connectivity index (χ0n) is 17.8. The fraction of sp³-hybridized carbons (Fsp3) is 0.417. The molecule has 0 bridgehead atoms. The minimum atomic E-state index is -0.582. The van der Waals surface area contributed by atoms with Crippen molar-refractivity contribution in [3.63, 3.8) is 0 Å². The quantitative estimate of drug-likeness (QED) is 0.758. The molecule has 0 unspecified atom stereocenters. The average Bonchev–Trinajstić information content (AvgIpc) is 2.81. The number of anilines is 1. The molecule has 2 aromatic rings. The van der Waals surface area contributed by atoms with E-state index in [-0.39, 0.29) is 18.4 Å². The van der Waals surface area contributed by atoms with Gasteiger partial charge >= 0.3 is 6.09 Å². The summed E-state index contributed by atoms with van der Waals surface area (Å²) in [5.74, 6) is -0.0114. The van der Waals surface area contributed by atoms with Crippen molar-refractivity contribution in [3.8, 4) is 0 Å². The van der Waals surface area contributed by atoms with Crippen molar-refractivity contribution in [2.45, 2.75) is 32.9 Å². The molecule has 2 amide bonds. The summed E-state index contributed by atoms with van der Waals surface area (Å²) in [4.78, 5) is 29.7. The van der Waals surface area contributed by atoms with Gasteiger partial charge in [0.2, 0.25) is 5.91 Å². The van der Waals surface area contributed by atoms with Crippen LogP contribution < -0.4 is 10.2 Å². The molecule has 30 heavy (non-hydrogen) atoms. The molecule has 1 aliphatic rings. The van der Waals surface area contributed by atoms with E-state index >= 15 is 0 Å². The number of para-hydroxylation sites is 1. The Morgan fingerprint density at radius 1 is 0.967 bits per heavy atom. The Kier molecular flexibility index (Phi) is 7.71. The first-order chi connectivity index (χ1) is 14.6. The van der Waals surface area contributed by atoms with E-state index in [2.05, 4.69) is 22.3 Å². The van der Waals surface area contributed by atoms with Gasteiger partial charge in [-0.05, 0) is 23.6 Å². The highest BCUT2D eigenvalue weighted by molar-refractivity contribution is 5.86. The molecule has 1 N–H and O–H groups in total. The predicted molar refractivity (Wildman–Crippen MR) is 118 cm³/mol. The summed E-state index contributed by atoms with van der Waals surface area (Å²) in [6, 6.07) is 19.2.